The van der Waals surface area contributed by atoms with Crippen LogP contribution in [0.25, 0.3) is 0 Å². The number of nitrogens with one attached hydrogen (secondary N) is 1. The normalized spacial score (nSPS) is 27.2. The molecule has 0 radical (unpaired) electrons. The van der Waals surface area contributed by atoms with Crippen molar-refractivity contribution in [2.75, 3.05) is 0 Å². The number of aryl methyl sites for hydroxylation is 1. The van der Waals surface area contributed by atoms with Crippen molar-refractivity contribution >= 4 is 17.2 Å². The van der Waals surface area contributed by atoms with Gasteiger partial charge in [-0.05, 0) is 44.2 Å². The average Bonchev–Trinajstić information content (AvgIpc) is 3.11. The van der Waals surface area contributed by atoms with Crippen molar-refractivity contribution in [3.8, 4) is 0 Å². The van der Waals surface area contributed by atoms with Gasteiger partial charge in [-0.15, -0.1) is 11.3 Å². The van der Waals surface area contributed by atoms with E-state index < -0.39 is 0 Å². The fourth-order valence-corrected chi connectivity index (χ4v) is 4.62. The molecule has 4 heteroatoms. The molecule has 116 valence electrons. The first-order chi connectivity index (χ1) is 10.1. The minimum atomic E-state index is -0.00185. The predicted molar refractivity (Wildman–Crippen MR) is 87.3 cm³/mol. The Balaban J connectivity index is 1.86. The van der Waals surface area contributed by atoms with Gasteiger partial charge in [0.2, 0.25) is 5.91 Å². The van der Waals surface area contributed by atoms with Crippen molar-refractivity contribution < 1.29 is 4.79 Å². The molecule has 0 spiro atoms. The first kappa shape index (κ1) is 15.0. The van der Waals surface area contributed by atoms with Gasteiger partial charge in [-0.2, -0.15) is 0 Å². The standard InChI is InChI=1S/C17H26N2OS/c1-11(2)10-14-17(20)19(13-6-4-5-7-13)16(18-14)15-9-8-12(3)21-15/h8-9,11,13-14,16,18H,4-7,10H2,1-3H3. The highest BCUT2D eigenvalue weighted by Crippen LogP contribution is 2.37. The van der Waals surface area contributed by atoms with Crippen molar-refractivity contribution in [1.29, 1.82) is 0 Å². The van der Waals surface area contributed by atoms with Crippen LogP contribution in [0.5, 0.6) is 0 Å². The molecule has 2 heterocycles. The van der Waals surface area contributed by atoms with Crippen molar-refractivity contribution in [3.05, 3.63) is 21.9 Å². The van der Waals surface area contributed by atoms with Gasteiger partial charge in [0.05, 0.1) is 6.04 Å². The van der Waals surface area contributed by atoms with E-state index in [1.807, 2.05) is 11.3 Å². The summed E-state index contributed by atoms with van der Waals surface area (Å²) in [6.07, 6.45) is 5.90. The molecule has 1 aromatic rings. The number of hydrogen-bond acceptors (Lipinski definition) is 3. The van der Waals surface area contributed by atoms with Crippen LogP contribution in [0.15, 0.2) is 12.1 Å². The van der Waals surface area contributed by atoms with E-state index in [1.54, 1.807) is 0 Å². The second-order valence-electron chi connectivity index (χ2n) is 6.88. The van der Waals surface area contributed by atoms with Crippen LogP contribution in [-0.4, -0.2) is 22.9 Å². The Morgan fingerprint density at radius 3 is 2.62 bits per heavy atom. The zero-order valence-electron chi connectivity index (χ0n) is 13.3. The third-order valence-corrected chi connectivity index (χ3v) is 5.70. The maximum Gasteiger partial charge on any atom is 0.241 e. The second-order valence-corrected chi connectivity index (χ2v) is 8.20. The topological polar surface area (TPSA) is 32.3 Å². The highest BCUT2D eigenvalue weighted by atomic mass is 32.1. The largest absolute Gasteiger partial charge is 0.318 e. The van der Waals surface area contributed by atoms with E-state index in [1.165, 1.54) is 35.4 Å². The van der Waals surface area contributed by atoms with E-state index in [2.05, 4.69) is 43.1 Å². The molecular weight excluding hydrogens is 280 g/mol. The van der Waals surface area contributed by atoms with Crippen LogP contribution in [0.3, 0.4) is 0 Å². The fourth-order valence-electron chi connectivity index (χ4n) is 3.68. The van der Waals surface area contributed by atoms with Crippen molar-refractivity contribution in [3.63, 3.8) is 0 Å². The van der Waals surface area contributed by atoms with Crippen LogP contribution in [0.4, 0.5) is 0 Å². The van der Waals surface area contributed by atoms with E-state index in [0.717, 1.165) is 6.42 Å². The molecule has 1 aliphatic heterocycles. The zero-order chi connectivity index (χ0) is 15.0. The van der Waals surface area contributed by atoms with E-state index in [0.29, 0.717) is 17.9 Å². The molecule has 1 N–H and O–H groups in total. The molecule has 1 saturated carbocycles. The van der Waals surface area contributed by atoms with Gasteiger partial charge in [0.25, 0.3) is 0 Å². The Morgan fingerprint density at radius 2 is 2.05 bits per heavy atom. The molecule has 0 aromatic carbocycles. The van der Waals surface area contributed by atoms with Crippen LogP contribution in [0.2, 0.25) is 0 Å². The quantitative estimate of drug-likeness (QED) is 0.916. The lowest BCUT2D eigenvalue weighted by atomic mass is 10.0. The lowest BCUT2D eigenvalue weighted by molar-refractivity contribution is -0.132. The first-order valence-corrected chi connectivity index (χ1v) is 9.02. The summed E-state index contributed by atoms with van der Waals surface area (Å²) in [6, 6.07) is 4.78. The minimum Gasteiger partial charge on any atom is -0.318 e. The molecule has 1 aromatic heterocycles. The Hall–Kier alpha value is -0.870. The van der Waals surface area contributed by atoms with Crippen LogP contribution < -0.4 is 5.32 Å². The Kier molecular flexibility index (Phi) is 4.36. The molecule has 2 fully saturated rings. The molecule has 1 saturated heterocycles. The van der Waals surface area contributed by atoms with E-state index in [9.17, 15) is 4.79 Å². The number of rotatable bonds is 4. The zero-order valence-corrected chi connectivity index (χ0v) is 14.1. The summed E-state index contributed by atoms with van der Waals surface area (Å²) in [5, 5.41) is 3.62. The van der Waals surface area contributed by atoms with Gasteiger partial charge in [-0.25, -0.2) is 0 Å². The lowest BCUT2D eigenvalue weighted by Gasteiger charge is -2.29. The van der Waals surface area contributed by atoms with Crippen molar-refractivity contribution in [2.24, 2.45) is 5.92 Å². The van der Waals surface area contributed by atoms with Crippen LogP contribution >= 0.6 is 11.3 Å². The van der Waals surface area contributed by atoms with E-state index in [-0.39, 0.29) is 12.2 Å². The molecule has 1 amide bonds. The minimum absolute atomic E-state index is 0.00185. The summed E-state index contributed by atoms with van der Waals surface area (Å²) in [4.78, 5) is 17.7. The average molecular weight is 306 g/mol. The SMILES string of the molecule is Cc1ccc(C2NC(CC(C)C)C(=O)N2C2CCCC2)s1. The summed E-state index contributed by atoms with van der Waals surface area (Å²) < 4.78 is 0. The van der Waals surface area contributed by atoms with Gasteiger partial charge in [0.1, 0.15) is 6.17 Å². The second kappa shape index (κ2) is 6.09. The summed E-state index contributed by atoms with van der Waals surface area (Å²) in [5.41, 5.74) is 0. The Labute approximate surface area is 131 Å². The molecule has 3 nitrogen and oxygen atoms in total. The number of thiophene rings is 1. The monoisotopic (exact) mass is 306 g/mol. The van der Waals surface area contributed by atoms with Gasteiger partial charge in [-0.1, -0.05) is 26.7 Å². The van der Waals surface area contributed by atoms with Crippen LogP contribution in [-0.2, 0) is 4.79 Å². The number of nitrogens with zero attached hydrogens (tertiary/aromatic N) is 1. The molecule has 2 atom stereocenters. The highest BCUT2D eigenvalue weighted by Gasteiger charge is 2.44. The predicted octanol–water partition coefficient (Wildman–Crippen LogP) is 3.84. The molecule has 2 aliphatic rings. The molecule has 21 heavy (non-hydrogen) atoms. The third kappa shape index (κ3) is 3.02. The van der Waals surface area contributed by atoms with E-state index >= 15 is 0 Å². The van der Waals surface area contributed by atoms with E-state index in [4.69, 9.17) is 0 Å². The van der Waals surface area contributed by atoms with Gasteiger partial charge >= 0.3 is 0 Å². The molecule has 2 unspecified atom stereocenters. The van der Waals surface area contributed by atoms with Gasteiger partial charge in [-0.3, -0.25) is 10.1 Å². The fraction of sp³-hybridized carbons (Fsp3) is 0.706. The molecule has 3 rings (SSSR count). The molecular formula is C17H26N2OS. The molecule has 0 bridgehead atoms. The van der Waals surface area contributed by atoms with Gasteiger partial charge in [0.15, 0.2) is 0 Å². The van der Waals surface area contributed by atoms with Gasteiger partial charge < -0.3 is 4.90 Å². The maximum absolute atomic E-state index is 12.9. The molecule has 1 aliphatic carbocycles. The number of amides is 1. The smallest absolute Gasteiger partial charge is 0.241 e. The highest BCUT2D eigenvalue weighted by molar-refractivity contribution is 7.12. The number of hydrogen-bond donors (Lipinski definition) is 1. The van der Waals surface area contributed by atoms with Gasteiger partial charge in [0, 0.05) is 15.8 Å². The van der Waals surface area contributed by atoms with Crippen LogP contribution in [0, 0.1) is 12.8 Å². The lowest BCUT2D eigenvalue weighted by Crippen LogP contribution is -2.38. The summed E-state index contributed by atoms with van der Waals surface area (Å²) >= 11 is 1.81. The number of carbonyl (C=O) groups excluding carboxylic acids is 1. The Morgan fingerprint density at radius 1 is 1.33 bits per heavy atom. The summed E-state index contributed by atoms with van der Waals surface area (Å²) in [5.74, 6) is 0.868. The first-order valence-electron chi connectivity index (χ1n) is 8.21. The van der Waals surface area contributed by atoms with Crippen LogP contribution in [0.1, 0.15) is 61.9 Å². The Bertz CT molecular complexity index is 505. The summed E-state index contributed by atoms with van der Waals surface area (Å²) in [7, 11) is 0. The van der Waals surface area contributed by atoms with Crippen molar-refractivity contribution in [1.82, 2.24) is 10.2 Å². The number of carbonyl (C=O) groups is 1. The summed E-state index contributed by atoms with van der Waals surface area (Å²) in [6.45, 7) is 6.52. The third-order valence-electron chi connectivity index (χ3n) is 4.65. The maximum atomic E-state index is 12.9. The van der Waals surface area contributed by atoms with Crippen molar-refractivity contribution in [2.45, 2.75) is 71.1 Å².